The van der Waals surface area contributed by atoms with Crippen LogP contribution in [0.5, 0.6) is 0 Å². The van der Waals surface area contributed by atoms with E-state index in [2.05, 4.69) is 84.5 Å². The fraction of sp³-hybridized carbons (Fsp3) is 0.184. The van der Waals surface area contributed by atoms with Crippen LogP contribution in [0.4, 0.5) is 17.1 Å². The number of allylic oxidation sites excluding steroid dienone is 2. The zero-order chi connectivity index (χ0) is 30.4. The molecule has 0 saturated carbocycles. The number of anilines is 3. The van der Waals surface area contributed by atoms with E-state index in [9.17, 15) is 14.7 Å². The molecule has 3 aliphatic rings. The van der Waals surface area contributed by atoms with Gasteiger partial charge in [-0.05, 0) is 95.1 Å². The van der Waals surface area contributed by atoms with Gasteiger partial charge in [0.25, 0.3) is 5.91 Å². The van der Waals surface area contributed by atoms with E-state index in [0.29, 0.717) is 5.69 Å². The maximum absolute atomic E-state index is 13.1. The van der Waals surface area contributed by atoms with Crippen molar-refractivity contribution >= 4 is 40.7 Å². The fourth-order valence-electron chi connectivity index (χ4n) is 6.83. The number of hydrogen-bond acceptors (Lipinski definition) is 4. The van der Waals surface area contributed by atoms with Crippen LogP contribution in [-0.4, -0.2) is 29.2 Å². The van der Waals surface area contributed by atoms with Crippen LogP contribution < -0.4 is 9.91 Å². The Morgan fingerprint density at radius 3 is 2.50 bits per heavy atom. The lowest BCUT2D eigenvalue weighted by Crippen LogP contribution is -2.25. The summed E-state index contributed by atoms with van der Waals surface area (Å²) in [5.74, 6) is -1.70. The molecule has 0 aromatic heterocycles. The highest BCUT2D eigenvalue weighted by Gasteiger charge is 2.38. The number of aryl methyl sites for hydroxylation is 1. The molecule has 4 aromatic carbocycles. The van der Waals surface area contributed by atoms with Crippen molar-refractivity contribution in [2.45, 2.75) is 38.5 Å². The van der Waals surface area contributed by atoms with E-state index < -0.39 is 11.9 Å². The molecule has 0 saturated heterocycles. The number of fused-ring (bicyclic) bond motifs is 4. The van der Waals surface area contributed by atoms with Crippen molar-refractivity contribution in [1.82, 2.24) is 0 Å². The molecule has 218 valence electrons. The number of carbonyl (C=O) groups excluding carboxylic acids is 1. The molecule has 1 unspecified atom stereocenters. The normalized spacial score (nSPS) is 19.7. The summed E-state index contributed by atoms with van der Waals surface area (Å²) in [6.07, 6.45) is 8.25. The standard InChI is InChI=1S/C38H33N3O3/c1-3-38(2)32-17-8-7-15-29(32)30-20-19-28(24-33(30)38)40-22-10-12-26-23-25(18-21-34(26)40)11-9-16-31-35(37(43)44)39-41(36(31)42)27-13-5-4-6-14-27/h4-9,11,13-21,23-24H,3,10,12,22H2,1-2H3,(H,43,44)/b11-9+,31-16-. The Balaban J connectivity index is 1.16. The molecular weight excluding hydrogens is 546 g/mol. The molecule has 4 aromatic rings. The molecule has 6 heteroatoms. The van der Waals surface area contributed by atoms with E-state index >= 15 is 0 Å². The minimum Gasteiger partial charge on any atom is -0.476 e. The molecule has 2 heterocycles. The molecule has 2 aliphatic heterocycles. The van der Waals surface area contributed by atoms with Gasteiger partial charge in [0.05, 0.1) is 11.3 Å². The number of rotatable bonds is 6. The molecule has 0 fully saturated rings. The summed E-state index contributed by atoms with van der Waals surface area (Å²) in [7, 11) is 0. The number of carboxylic acid groups (broad SMARTS) is 1. The van der Waals surface area contributed by atoms with E-state index in [1.165, 1.54) is 45.3 Å². The van der Waals surface area contributed by atoms with Crippen LogP contribution in [-0.2, 0) is 21.4 Å². The van der Waals surface area contributed by atoms with Crippen LogP contribution in [0.2, 0.25) is 0 Å². The van der Waals surface area contributed by atoms with Crippen molar-refractivity contribution in [3.63, 3.8) is 0 Å². The van der Waals surface area contributed by atoms with Crippen molar-refractivity contribution in [2.24, 2.45) is 5.10 Å². The minimum absolute atomic E-state index is 0.00619. The van der Waals surface area contributed by atoms with Crippen molar-refractivity contribution < 1.29 is 14.7 Å². The smallest absolute Gasteiger partial charge is 0.357 e. The van der Waals surface area contributed by atoms with E-state index in [4.69, 9.17) is 0 Å². The Hall–Kier alpha value is -5.23. The predicted molar refractivity (Wildman–Crippen MR) is 177 cm³/mol. The van der Waals surface area contributed by atoms with Gasteiger partial charge in [0.15, 0.2) is 5.71 Å². The van der Waals surface area contributed by atoms with Crippen LogP contribution in [0.15, 0.2) is 114 Å². The largest absolute Gasteiger partial charge is 0.476 e. The molecule has 1 aliphatic carbocycles. The molecule has 0 spiro atoms. The van der Waals surface area contributed by atoms with E-state index in [1.54, 1.807) is 30.3 Å². The zero-order valence-electron chi connectivity index (χ0n) is 24.8. The second-order valence-electron chi connectivity index (χ2n) is 11.8. The second kappa shape index (κ2) is 10.8. The zero-order valence-corrected chi connectivity index (χ0v) is 24.8. The number of benzene rings is 4. The van der Waals surface area contributed by atoms with Gasteiger partial charge in [-0.25, -0.2) is 4.79 Å². The summed E-state index contributed by atoms with van der Waals surface area (Å²) in [5, 5.41) is 14.9. The first-order valence-corrected chi connectivity index (χ1v) is 15.1. The summed E-state index contributed by atoms with van der Waals surface area (Å²) in [6.45, 7) is 5.60. The van der Waals surface area contributed by atoms with Gasteiger partial charge in [0.1, 0.15) is 0 Å². The lowest BCUT2D eigenvalue weighted by Gasteiger charge is -2.33. The Morgan fingerprint density at radius 2 is 1.70 bits per heavy atom. The molecule has 44 heavy (non-hydrogen) atoms. The lowest BCUT2D eigenvalue weighted by molar-refractivity contribution is -0.129. The van der Waals surface area contributed by atoms with Crippen LogP contribution in [0, 0.1) is 0 Å². The predicted octanol–water partition coefficient (Wildman–Crippen LogP) is 7.89. The first kappa shape index (κ1) is 27.6. The SMILES string of the molecule is CCC1(C)c2ccccc2-c2ccc(N3CCCc4cc(/C=C/C=C5\C(=O)N(c6ccccc6)N=C5C(=O)O)ccc43)cc21. The van der Waals surface area contributed by atoms with Gasteiger partial charge in [0, 0.05) is 23.3 Å². The summed E-state index contributed by atoms with van der Waals surface area (Å²) < 4.78 is 0. The van der Waals surface area contributed by atoms with Crippen molar-refractivity contribution in [3.8, 4) is 11.1 Å². The Kier molecular flexibility index (Phi) is 6.77. The first-order chi connectivity index (χ1) is 21.4. The number of amides is 1. The molecule has 1 atom stereocenters. The fourth-order valence-corrected chi connectivity index (χ4v) is 6.83. The van der Waals surface area contributed by atoms with Crippen molar-refractivity contribution in [2.75, 3.05) is 16.5 Å². The number of nitrogens with zero attached hydrogens (tertiary/aromatic N) is 3. The molecule has 1 amide bonds. The third-order valence-corrected chi connectivity index (χ3v) is 9.28. The average Bonchev–Trinajstić information content (AvgIpc) is 3.52. The molecule has 0 bridgehead atoms. The Bertz CT molecular complexity index is 1910. The molecule has 6 nitrogen and oxygen atoms in total. The second-order valence-corrected chi connectivity index (χ2v) is 11.8. The Labute approximate surface area is 257 Å². The maximum Gasteiger partial charge on any atom is 0.357 e. The van der Waals surface area contributed by atoms with Gasteiger partial charge in [-0.2, -0.15) is 10.1 Å². The van der Waals surface area contributed by atoms with Crippen LogP contribution in [0.25, 0.3) is 17.2 Å². The van der Waals surface area contributed by atoms with Gasteiger partial charge in [0.2, 0.25) is 0 Å². The van der Waals surface area contributed by atoms with Gasteiger partial charge in [-0.3, -0.25) is 4.79 Å². The van der Waals surface area contributed by atoms with Crippen LogP contribution >= 0.6 is 0 Å². The van der Waals surface area contributed by atoms with E-state index in [-0.39, 0.29) is 16.7 Å². The van der Waals surface area contributed by atoms with Gasteiger partial charge in [-0.15, -0.1) is 0 Å². The number of aliphatic carboxylic acids is 1. The first-order valence-electron chi connectivity index (χ1n) is 15.1. The average molecular weight is 580 g/mol. The highest BCUT2D eigenvalue weighted by Crippen LogP contribution is 2.52. The monoisotopic (exact) mass is 579 g/mol. The van der Waals surface area contributed by atoms with E-state index in [0.717, 1.165) is 36.4 Å². The van der Waals surface area contributed by atoms with Gasteiger partial charge < -0.3 is 10.0 Å². The topological polar surface area (TPSA) is 73.2 Å². The molecule has 1 N–H and O–H groups in total. The maximum atomic E-state index is 13.1. The summed E-state index contributed by atoms with van der Waals surface area (Å²) in [5.41, 5.74) is 10.5. The van der Waals surface area contributed by atoms with Crippen LogP contribution in [0.3, 0.4) is 0 Å². The molecule has 0 radical (unpaired) electrons. The van der Waals surface area contributed by atoms with Crippen molar-refractivity contribution in [1.29, 1.82) is 0 Å². The highest BCUT2D eigenvalue weighted by atomic mass is 16.4. The summed E-state index contributed by atoms with van der Waals surface area (Å²) >= 11 is 0. The third kappa shape index (κ3) is 4.45. The number of hydrazone groups is 1. The Morgan fingerprint density at radius 1 is 0.932 bits per heavy atom. The quantitative estimate of drug-likeness (QED) is 0.236. The number of carbonyl (C=O) groups is 2. The molecular formula is C38H33N3O3. The third-order valence-electron chi connectivity index (χ3n) is 9.28. The number of para-hydroxylation sites is 1. The van der Waals surface area contributed by atoms with Crippen LogP contribution in [0.1, 0.15) is 48.9 Å². The minimum atomic E-state index is -1.24. The molecule has 7 rings (SSSR count). The number of carboxylic acids is 1. The lowest BCUT2D eigenvalue weighted by atomic mass is 9.78. The van der Waals surface area contributed by atoms with Crippen molar-refractivity contribution in [3.05, 3.63) is 131 Å². The summed E-state index contributed by atoms with van der Waals surface area (Å²) in [4.78, 5) is 27.4. The number of hydrogen-bond donors (Lipinski definition) is 1. The highest BCUT2D eigenvalue weighted by molar-refractivity contribution is 6.52. The van der Waals surface area contributed by atoms with Gasteiger partial charge in [-0.1, -0.05) is 80.6 Å². The van der Waals surface area contributed by atoms with Gasteiger partial charge >= 0.3 is 5.97 Å². The van der Waals surface area contributed by atoms with E-state index in [1.807, 2.05) is 12.1 Å². The summed E-state index contributed by atoms with van der Waals surface area (Å²) in [6, 6.07) is 31.0.